The van der Waals surface area contributed by atoms with Gasteiger partial charge in [-0.1, -0.05) is 0 Å². The third kappa shape index (κ3) is 4.92. The fourth-order valence-electron chi connectivity index (χ4n) is 1.86. The monoisotopic (exact) mass is 230 g/mol. The minimum absolute atomic E-state index is 0.0910. The first-order chi connectivity index (χ1) is 7.74. The molecule has 1 rings (SSSR count). The van der Waals surface area contributed by atoms with Gasteiger partial charge in [-0.3, -0.25) is 4.79 Å². The summed E-state index contributed by atoms with van der Waals surface area (Å²) in [6.45, 7) is 2.61. The molecule has 3 N–H and O–H groups in total. The summed E-state index contributed by atoms with van der Waals surface area (Å²) < 4.78 is 4.80. The minimum atomic E-state index is -0.491. The number of ether oxygens (including phenoxy) is 1. The van der Waals surface area contributed by atoms with E-state index in [1.165, 1.54) is 0 Å². The lowest BCUT2D eigenvalue weighted by Crippen LogP contribution is -2.41. The van der Waals surface area contributed by atoms with Crippen LogP contribution in [0.2, 0.25) is 0 Å². The highest BCUT2D eigenvalue weighted by atomic mass is 16.5. The molecule has 0 aromatic carbocycles. The van der Waals surface area contributed by atoms with Gasteiger partial charge in [0.15, 0.2) is 0 Å². The molecule has 0 aromatic heterocycles. The van der Waals surface area contributed by atoms with Crippen LogP contribution in [0.3, 0.4) is 0 Å². The lowest BCUT2D eigenvalue weighted by molar-refractivity contribution is -0.125. The van der Waals surface area contributed by atoms with Gasteiger partial charge in [-0.15, -0.1) is 0 Å². The molecule has 0 bridgehead atoms. The molecule has 5 nitrogen and oxygen atoms in total. The molecule has 1 saturated heterocycles. The number of aliphatic hydroxyl groups excluding tert-OH is 1. The Bertz CT molecular complexity index is 205. The van der Waals surface area contributed by atoms with E-state index in [1.54, 1.807) is 7.11 Å². The summed E-state index contributed by atoms with van der Waals surface area (Å²) in [4.78, 5) is 11.7. The van der Waals surface area contributed by atoms with Crippen molar-refractivity contribution < 1.29 is 14.6 Å². The van der Waals surface area contributed by atoms with Crippen LogP contribution in [0.4, 0.5) is 0 Å². The normalized spacial score (nSPS) is 22.8. The van der Waals surface area contributed by atoms with Crippen LogP contribution in [0, 0.1) is 5.92 Å². The first-order valence-electron chi connectivity index (χ1n) is 5.89. The average Bonchev–Trinajstić information content (AvgIpc) is 2.30. The molecule has 5 heteroatoms. The van der Waals surface area contributed by atoms with Crippen LogP contribution in [0.5, 0.6) is 0 Å². The van der Waals surface area contributed by atoms with Crippen molar-refractivity contribution in [3.63, 3.8) is 0 Å². The number of nitrogens with one attached hydrogen (secondary N) is 2. The van der Waals surface area contributed by atoms with E-state index in [0.29, 0.717) is 19.6 Å². The Balaban J connectivity index is 2.09. The van der Waals surface area contributed by atoms with Crippen molar-refractivity contribution >= 4 is 5.91 Å². The van der Waals surface area contributed by atoms with Crippen LogP contribution < -0.4 is 10.6 Å². The molecule has 16 heavy (non-hydrogen) atoms. The summed E-state index contributed by atoms with van der Waals surface area (Å²) in [6.07, 6.45) is 2.07. The van der Waals surface area contributed by atoms with Gasteiger partial charge in [0.25, 0.3) is 0 Å². The summed E-state index contributed by atoms with van der Waals surface area (Å²) in [6, 6.07) is 0. The standard InChI is InChI=1S/C11H22N2O3/c1-16-8-10(14)4-6-13-11(15)9-3-2-5-12-7-9/h9-10,12,14H,2-8H2,1H3,(H,13,15). The number of hydrogen-bond acceptors (Lipinski definition) is 4. The van der Waals surface area contributed by atoms with Crippen molar-refractivity contribution in [1.29, 1.82) is 0 Å². The van der Waals surface area contributed by atoms with Crippen molar-refractivity contribution in [2.75, 3.05) is 33.4 Å². The van der Waals surface area contributed by atoms with E-state index in [9.17, 15) is 9.90 Å². The summed E-state index contributed by atoms with van der Waals surface area (Å²) in [7, 11) is 1.55. The van der Waals surface area contributed by atoms with E-state index in [2.05, 4.69) is 10.6 Å². The number of hydrogen-bond donors (Lipinski definition) is 3. The van der Waals surface area contributed by atoms with Gasteiger partial charge in [0, 0.05) is 20.2 Å². The van der Waals surface area contributed by atoms with Crippen molar-refractivity contribution in [2.45, 2.75) is 25.4 Å². The maximum absolute atomic E-state index is 11.7. The molecule has 0 aromatic rings. The number of amides is 1. The molecule has 0 aliphatic carbocycles. The molecule has 2 atom stereocenters. The van der Waals surface area contributed by atoms with Gasteiger partial charge in [-0.2, -0.15) is 0 Å². The molecule has 2 unspecified atom stereocenters. The van der Waals surface area contributed by atoms with Crippen molar-refractivity contribution in [3.8, 4) is 0 Å². The number of piperidine rings is 1. The van der Waals surface area contributed by atoms with Gasteiger partial charge in [0.2, 0.25) is 5.91 Å². The van der Waals surface area contributed by atoms with Gasteiger partial charge < -0.3 is 20.5 Å². The fourth-order valence-corrected chi connectivity index (χ4v) is 1.86. The van der Waals surface area contributed by atoms with Crippen LogP contribution in [0.25, 0.3) is 0 Å². The number of rotatable bonds is 6. The summed E-state index contributed by atoms with van der Waals surface area (Å²) >= 11 is 0. The maximum Gasteiger partial charge on any atom is 0.224 e. The van der Waals surface area contributed by atoms with E-state index in [4.69, 9.17) is 4.74 Å². The quantitative estimate of drug-likeness (QED) is 0.575. The first-order valence-corrected chi connectivity index (χ1v) is 5.89. The molecule has 0 spiro atoms. The van der Waals surface area contributed by atoms with Crippen molar-refractivity contribution in [1.82, 2.24) is 10.6 Å². The summed E-state index contributed by atoms with van der Waals surface area (Å²) in [5.74, 6) is 0.185. The fraction of sp³-hybridized carbons (Fsp3) is 0.909. The van der Waals surface area contributed by atoms with Gasteiger partial charge in [-0.05, 0) is 25.8 Å². The zero-order valence-corrected chi connectivity index (χ0v) is 9.87. The second-order valence-electron chi connectivity index (χ2n) is 4.23. The lowest BCUT2D eigenvalue weighted by Gasteiger charge is -2.22. The van der Waals surface area contributed by atoms with Crippen LogP contribution >= 0.6 is 0 Å². The Morgan fingerprint density at radius 3 is 3.12 bits per heavy atom. The molecule has 1 aliphatic heterocycles. The van der Waals surface area contributed by atoms with Crippen molar-refractivity contribution in [3.05, 3.63) is 0 Å². The highest BCUT2D eigenvalue weighted by molar-refractivity contribution is 5.78. The predicted molar refractivity (Wildman–Crippen MR) is 61.1 cm³/mol. The summed E-state index contributed by atoms with van der Waals surface area (Å²) in [5, 5.41) is 15.4. The molecule has 1 fully saturated rings. The molecule has 1 aliphatic rings. The van der Waals surface area contributed by atoms with E-state index >= 15 is 0 Å². The number of carbonyl (C=O) groups is 1. The van der Waals surface area contributed by atoms with E-state index in [1.807, 2.05) is 0 Å². The van der Waals surface area contributed by atoms with Gasteiger partial charge >= 0.3 is 0 Å². The highest BCUT2D eigenvalue weighted by Crippen LogP contribution is 2.09. The number of carbonyl (C=O) groups excluding carboxylic acids is 1. The van der Waals surface area contributed by atoms with Crippen LogP contribution in [-0.2, 0) is 9.53 Å². The van der Waals surface area contributed by atoms with Crippen LogP contribution in [-0.4, -0.2) is 50.5 Å². The summed E-state index contributed by atoms with van der Waals surface area (Å²) in [5.41, 5.74) is 0. The smallest absolute Gasteiger partial charge is 0.224 e. The largest absolute Gasteiger partial charge is 0.391 e. The molecular weight excluding hydrogens is 208 g/mol. The minimum Gasteiger partial charge on any atom is -0.391 e. The average molecular weight is 230 g/mol. The van der Waals surface area contributed by atoms with Crippen molar-refractivity contribution in [2.24, 2.45) is 5.92 Å². The Labute approximate surface area is 96.6 Å². The number of aliphatic hydroxyl groups is 1. The van der Waals surface area contributed by atoms with E-state index in [-0.39, 0.29) is 11.8 Å². The van der Waals surface area contributed by atoms with Crippen LogP contribution in [0.1, 0.15) is 19.3 Å². The Morgan fingerprint density at radius 2 is 2.50 bits per heavy atom. The zero-order chi connectivity index (χ0) is 11.8. The maximum atomic E-state index is 11.7. The van der Waals surface area contributed by atoms with E-state index < -0.39 is 6.10 Å². The van der Waals surface area contributed by atoms with Crippen LogP contribution in [0.15, 0.2) is 0 Å². The molecule has 94 valence electrons. The highest BCUT2D eigenvalue weighted by Gasteiger charge is 2.20. The van der Waals surface area contributed by atoms with E-state index in [0.717, 1.165) is 25.9 Å². The topological polar surface area (TPSA) is 70.6 Å². The molecular formula is C11H22N2O3. The number of methoxy groups -OCH3 is 1. The Morgan fingerprint density at radius 1 is 1.69 bits per heavy atom. The first kappa shape index (κ1) is 13.4. The molecule has 1 amide bonds. The molecule has 0 radical (unpaired) electrons. The Hall–Kier alpha value is -0.650. The van der Waals surface area contributed by atoms with Gasteiger partial charge in [0.1, 0.15) is 0 Å². The molecule has 1 heterocycles. The van der Waals surface area contributed by atoms with Gasteiger partial charge in [-0.25, -0.2) is 0 Å². The predicted octanol–water partition coefficient (Wildman–Crippen LogP) is -0.500. The third-order valence-corrected chi connectivity index (χ3v) is 2.80. The second kappa shape index (κ2) is 7.60. The zero-order valence-electron chi connectivity index (χ0n) is 9.87. The second-order valence-corrected chi connectivity index (χ2v) is 4.23. The molecule has 0 saturated carbocycles. The third-order valence-electron chi connectivity index (χ3n) is 2.80. The SMILES string of the molecule is COCC(O)CCNC(=O)C1CCCNC1. The Kier molecular flexibility index (Phi) is 6.37. The van der Waals surface area contributed by atoms with Gasteiger partial charge in [0.05, 0.1) is 18.6 Å². The lowest BCUT2D eigenvalue weighted by atomic mass is 9.99.